The smallest absolute Gasteiger partial charge is 0.229 e. The first-order chi connectivity index (χ1) is 10.9. The molecule has 6 heteroatoms. The summed E-state index contributed by atoms with van der Waals surface area (Å²) in [6, 6.07) is 0.712. The van der Waals surface area contributed by atoms with Crippen LogP contribution in [-0.4, -0.2) is 60.6 Å². The molecule has 1 unspecified atom stereocenters. The van der Waals surface area contributed by atoms with Crippen LogP contribution in [0.1, 0.15) is 55.7 Å². The van der Waals surface area contributed by atoms with Crippen LogP contribution in [0.5, 0.6) is 0 Å². The highest BCUT2D eigenvalue weighted by Crippen LogP contribution is 2.31. The Bertz CT molecular complexity index is 473. The van der Waals surface area contributed by atoms with E-state index in [1.165, 1.54) is 12.8 Å². The van der Waals surface area contributed by atoms with E-state index in [0.717, 1.165) is 70.5 Å². The van der Waals surface area contributed by atoms with E-state index >= 15 is 0 Å². The lowest BCUT2D eigenvalue weighted by atomic mass is 9.94. The van der Waals surface area contributed by atoms with Crippen molar-refractivity contribution in [2.75, 3.05) is 39.5 Å². The number of aromatic nitrogens is 2. The zero-order valence-electron chi connectivity index (χ0n) is 13.1. The molecule has 0 bridgehead atoms. The first kappa shape index (κ1) is 14.6. The third-order valence-corrected chi connectivity index (χ3v) is 5.34. The van der Waals surface area contributed by atoms with E-state index < -0.39 is 0 Å². The fourth-order valence-corrected chi connectivity index (χ4v) is 3.88. The van der Waals surface area contributed by atoms with E-state index in [4.69, 9.17) is 14.0 Å². The van der Waals surface area contributed by atoms with Crippen LogP contribution in [0.2, 0.25) is 0 Å². The zero-order chi connectivity index (χ0) is 14.8. The number of hydrogen-bond acceptors (Lipinski definition) is 6. The average Bonchev–Trinajstić information content (AvgIpc) is 3.27. The highest BCUT2D eigenvalue weighted by Gasteiger charge is 2.31. The summed E-state index contributed by atoms with van der Waals surface area (Å²) in [5.74, 6) is 2.45. The highest BCUT2D eigenvalue weighted by atomic mass is 16.5. The van der Waals surface area contributed by atoms with Crippen LogP contribution in [0.25, 0.3) is 0 Å². The van der Waals surface area contributed by atoms with Gasteiger partial charge in [-0.05, 0) is 45.2 Å². The largest absolute Gasteiger partial charge is 0.381 e. The summed E-state index contributed by atoms with van der Waals surface area (Å²) in [6.07, 6.45) is 5.62. The van der Waals surface area contributed by atoms with Gasteiger partial charge in [0.15, 0.2) is 5.82 Å². The van der Waals surface area contributed by atoms with E-state index in [0.29, 0.717) is 17.9 Å². The number of hydrogen-bond donors (Lipinski definition) is 0. The summed E-state index contributed by atoms with van der Waals surface area (Å²) in [5.41, 5.74) is 0. The van der Waals surface area contributed by atoms with Crippen molar-refractivity contribution in [3.8, 4) is 0 Å². The van der Waals surface area contributed by atoms with Gasteiger partial charge < -0.3 is 18.9 Å². The van der Waals surface area contributed by atoms with Gasteiger partial charge in [0, 0.05) is 37.7 Å². The van der Waals surface area contributed by atoms with E-state index in [1.54, 1.807) is 0 Å². The van der Waals surface area contributed by atoms with Crippen LogP contribution in [0.15, 0.2) is 4.52 Å². The van der Waals surface area contributed by atoms with E-state index in [9.17, 15) is 0 Å². The Labute approximate surface area is 131 Å². The van der Waals surface area contributed by atoms with Gasteiger partial charge in [-0.1, -0.05) is 5.16 Å². The molecule has 0 spiro atoms. The van der Waals surface area contributed by atoms with E-state index in [1.807, 2.05) is 0 Å². The second-order valence-corrected chi connectivity index (χ2v) is 6.71. The maximum absolute atomic E-state index is 5.54. The third kappa shape index (κ3) is 3.05. The second-order valence-electron chi connectivity index (χ2n) is 6.71. The lowest BCUT2D eigenvalue weighted by Crippen LogP contribution is -2.43. The van der Waals surface area contributed by atoms with Crippen LogP contribution in [0.3, 0.4) is 0 Å². The molecule has 0 amide bonds. The minimum atomic E-state index is 0.333. The molecule has 1 aromatic rings. The second kappa shape index (κ2) is 6.64. The van der Waals surface area contributed by atoms with Crippen LogP contribution in [0.4, 0.5) is 0 Å². The number of ether oxygens (including phenoxy) is 2. The summed E-state index contributed by atoms with van der Waals surface area (Å²) >= 11 is 0. The monoisotopic (exact) mass is 307 g/mol. The molecule has 0 N–H and O–H groups in total. The van der Waals surface area contributed by atoms with Gasteiger partial charge in [-0.15, -0.1) is 0 Å². The Morgan fingerprint density at radius 2 is 1.64 bits per heavy atom. The zero-order valence-corrected chi connectivity index (χ0v) is 13.1. The molecule has 3 aliphatic heterocycles. The standard InChI is InChI=1S/C16H25N3O3/c1-6-19(14-4-9-20-10-5-14)7-2-12(1)16-17-15(18-22-16)13-3-8-21-11-13/h12-14H,1-11H2. The average molecular weight is 307 g/mol. The minimum absolute atomic E-state index is 0.333. The number of piperidine rings is 1. The van der Waals surface area contributed by atoms with Gasteiger partial charge in [-0.3, -0.25) is 0 Å². The molecule has 0 aromatic carbocycles. The Kier molecular flexibility index (Phi) is 4.41. The molecule has 3 fully saturated rings. The van der Waals surface area contributed by atoms with Crippen molar-refractivity contribution in [1.82, 2.24) is 15.0 Å². The first-order valence-electron chi connectivity index (χ1n) is 8.63. The van der Waals surface area contributed by atoms with Gasteiger partial charge in [-0.2, -0.15) is 4.98 Å². The van der Waals surface area contributed by atoms with Gasteiger partial charge in [0.05, 0.1) is 6.61 Å². The van der Waals surface area contributed by atoms with E-state index in [-0.39, 0.29) is 0 Å². The van der Waals surface area contributed by atoms with Crippen molar-refractivity contribution in [1.29, 1.82) is 0 Å². The van der Waals surface area contributed by atoms with Gasteiger partial charge in [0.2, 0.25) is 5.89 Å². The third-order valence-electron chi connectivity index (χ3n) is 5.34. The Hall–Kier alpha value is -0.980. The van der Waals surface area contributed by atoms with Crippen LogP contribution >= 0.6 is 0 Å². The molecule has 3 aliphatic rings. The first-order valence-corrected chi connectivity index (χ1v) is 8.63. The Balaban J connectivity index is 1.33. The Morgan fingerprint density at radius 1 is 0.864 bits per heavy atom. The fourth-order valence-electron chi connectivity index (χ4n) is 3.88. The predicted molar refractivity (Wildman–Crippen MR) is 79.9 cm³/mol. The van der Waals surface area contributed by atoms with Crippen LogP contribution in [-0.2, 0) is 9.47 Å². The van der Waals surface area contributed by atoms with E-state index in [2.05, 4.69) is 15.0 Å². The molecule has 0 aliphatic carbocycles. The lowest BCUT2D eigenvalue weighted by molar-refractivity contribution is 0.0239. The molecule has 0 radical (unpaired) electrons. The van der Waals surface area contributed by atoms with Crippen molar-refractivity contribution < 1.29 is 14.0 Å². The summed E-state index contributed by atoms with van der Waals surface area (Å²) in [4.78, 5) is 7.28. The van der Waals surface area contributed by atoms with Crippen molar-refractivity contribution in [3.05, 3.63) is 11.7 Å². The molecule has 0 saturated carbocycles. The molecule has 4 rings (SSSR count). The topological polar surface area (TPSA) is 60.6 Å². The van der Waals surface area contributed by atoms with Crippen molar-refractivity contribution >= 4 is 0 Å². The molecule has 1 atom stereocenters. The predicted octanol–water partition coefficient (Wildman–Crippen LogP) is 1.93. The normalized spacial score (nSPS) is 29.2. The lowest BCUT2D eigenvalue weighted by Gasteiger charge is -2.38. The molecule has 3 saturated heterocycles. The van der Waals surface area contributed by atoms with Crippen molar-refractivity contribution in [2.45, 2.75) is 50.0 Å². The molecule has 22 heavy (non-hydrogen) atoms. The molecular weight excluding hydrogens is 282 g/mol. The molecule has 6 nitrogen and oxygen atoms in total. The SMILES string of the molecule is C1CC(N2CCC(c3nc(C4CCOC4)no3)CC2)CCO1. The molecule has 122 valence electrons. The number of likely N-dealkylation sites (tertiary alicyclic amines) is 1. The summed E-state index contributed by atoms with van der Waals surface area (Å²) in [7, 11) is 0. The number of rotatable bonds is 3. The van der Waals surface area contributed by atoms with Crippen LogP contribution in [0, 0.1) is 0 Å². The molecular formula is C16H25N3O3. The summed E-state index contributed by atoms with van der Waals surface area (Å²) in [6.45, 7) is 5.67. The Morgan fingerprint density at radius 3 is 2.36 bits per heavy atom. The van der Waals surface area contributed by atoms with Crippen molar-refractivity contribution in [3.63, 3.8) is 0 Å². The summed E-state index contributed by atoms with van der Waals surface area (Å²) < 4.78 is 16.4. The highest BCUT2D eigenvalue weighted by molar-refractivity contribution is 5.02. The van der Waals surface area contributed by atoms with Gasteiger partial charge in [0.1, 0.15) is 0 Å². The maximum atomic E-state index is 5.54. The van der Waals surface area contributed by atoms with Gasteiger partial charge in [0.25, 0.3) is 0 Å². The molecule has 1 aromatic heterocycles. The fraction of sp³-hybridized carbons (Fsp3) is 0.875. The molecule has 4 heterocycles. The van der Waals surface area contributed by atoms with Crippen LogP contribution < -0.4 is 0 Å². The number of nitrogens with zero attached hydrogens (tertiary/aromatic N) is 3. The summed E-state index contributed by atoms with van der Waals surface area (Å²) in [5, 5.41) is 4.19. The van der Waals surface area contributed by atoms with Gasteiger partial charge >= 0.3 is 0 Å². The maximum Gasteiger partial charge on any atom is 0.229 e. The van der Waals surface area contributed by atoms with Crippen molar-refractivity contribution in [2.24, 2.45) is 0 Å². The minimum Gasteiger partial charge on any atom is -0.381 e. The quantitative estimate of drug-likeness (QED) is 0.850. The van der Waals surface area contributed by atoms with Gasteiger partial charge in [-0.25, -0.2) is 0 Å².